The van der Waals surface area contributed by atoms with Gasteiger partial charge < -0.3 is 5.32 Å². The second kappa shape index (κ2) is 6.35. The Balaban J connectivity index is 1.74. The third-order valence-corrected chi connectivity index (χ3v) is 3.94. The van der Waals surface area contributed by atoms with Crippen LogP contribution in [-0.4, -0.2) is 24.7 Å². The van der Waals surface area contributed by atoms with Gasteiger partial charge in [-0.05, 0) is 31.2 Å². The van der Waals surface area contributed by atoms with E-state index >= 15 is 0 Å². The number of nitrogens with one attached hydrogen (secondary N) is 1. The van der Waals surface area contributed by atoms with E-state index in [1.54, 1.807) is 6.20 Å². The highest BCUT2D eigenvalue weighted by molar-refractivity contribution is 5.88. The van der Waals surface area contributed by atoms with Crippen molar-refractivity contribution in [3.63, 3.8) is 0 Å². The minimum atomic E-state index is -4.46. The molecule has 0 unspecified atom stereocenters. The molecule has 0 aliphatic heterocycles. The average Bonchev–Trinajstić information content (AvgIpc) is 3.08. The number of aryl methyl sites for hydroxylation is 1. The summed E-state index contributed by atoms with van der Waals surface area (Å²) in [4.78, 5) is 12.3. The lowest BCUT2D eigenvalue weighted by molar-refractivity contribution is -0.137. The van der Waals surface area contributed by atoms with Gasteiger partial charge in [0.05, 0.1) is 10.9 Å². The van der Waals surface area contributed by atoms with Crippen LogP contribution in [0.2, 0.25) is 0 Å². The van der Waals surface area contributed by atoms with E-state index in [2.05, 4.69) is 25.4 Å². The van der Waals surface area contributed by atoms with E-state index in [1.165, 1.54) is 11.0 Å². The van der Waals surface area contributed by atoms with Gasteiger partial charge in [-0.2, -0.15) is 13.2 Å². The van der Waals surface area contributed by atoms with Crippen LogP contribution in [0.4, 0.5) is 24.7 Å². The zero-order valence-corrected chi connectivity index (χ0v) is 14.1. The van der Waals surface area contributed by atoms with Crippen molar-refractivity contribution < 1.29 is 13.2 Å². The standard InChI is InChI=1S/C18H13F3N6/c1-11-2-4-13(5-3-11)25-16-14-9-27(26-17(14)24-10-23-16)15-8-12(6-7-22-15)18(19,20)21/h2-10H,1H3,(H,23,24,25,26). The summed E-state index contributed by atoms with van der Waals surface area (Å²) in [6, 6.07) is 9.57. The second-order valence-corrected chi connectivity index (χ2v) is 5.92. The van der Waals surface area contributed by atoms with Gasteiger partial charge in [-0.1, -0.05) is 17.7 Å². The van der Waals surface area contributed by atoms with Crippen LogP contribution in [0.25, 0.3) is 16.9 Å². The number of fused-ring (bicyclic) bond motifs is 1. The van der Waals surface area contributed by atoms with Crippen LogP contribution < -0.4 is 5.32 Å². The maximum Gasteiger partial charge on any atom is 0.416 e. The van der Waals surface area contributed by atoms with Crippen molar-refractivity contribution in [2.24, 2.45) is 0 Å². The Morgan fingerprint density at radius 3 is 2.52 bits per heavy atom. The molecule has 4 aromatic rings. The van der Waals surface area contributed by atoms with Crippen LogP contribution in [-0.2, 0) is 6.18 Å². The van der Waals surface area contributed by atoms with Crippen molar-refractivity contribution in [1.82, 2.24) is 24.7 Å². The molecular formula is C18H13F3N6. The molecule has 0 bridgehead atoms. The Morgan fingerprint density at radius 1 is 1.00 bits per heavy atom. The first-order valence-corrected chi connectivity index (χ1v) is 7.98. The van der Waals surface area contributed by atoms with E-state index in [0.29, 0.717) is 16.9 Å². The van der Waals surface area contributed by atoms with Crippen LogP contribution in [0.5, 0.6) is 0 Å². The molecule has 0 amide bonds. The normalized spacial score (nSPS) is 11.7. The fourth-order valence-corrected chi connectivity index (χ4v) is 2.55. The van der Waals surface area contributed by atoms with Gasteiger partial charge in [-0.3, -0.25) is 0 Å². The summed E-state index contributed by atoms with van der Waals surface area (Å²) in [6.45, 7) is 1.98. The summed E-state index contributed by atoms with van der Waals surface area (Å²) in [5.41, 5.74) is 1.50. The van der Waals surface area contributed by atoms with Crippen LogP contribution in [0.3, 0.4) is 0 Å². The molecule has 0 radical (unpaired) electrons. The molecule has 3 aromatic heterocycles. The van der Waals surface area contributed by atoms with E-state index in [1.807, 2.05) is 31.2 Å². The molecule has 1 aromatic carbocycles. The highest BCUT2D eigenvalue weighted by atomic mass is 19.4. The molecule has 0 atom stereocenters. The van der Waals surface area contributed by atoms with Crippen molar-refractivity contribution in [2.75, 3.05) is 5.32 Å². The third-order valence-electron chi connectivity index (χ3n) is 3.94. The number of aromatic nitrogens is 5. The third kappa shape index (κ3) is 3.43. The first kappa shape index (κ1) is 17.0. The van der Waals surface area contributed by atoms with Gasteiger partial charge in [-0.15, -0.1) is 5.10 Å². The lowest BCUT2D eigenvalue weighted by Gasteiger charge is -2.07. The Hall–Kier alpha value is -3.49. The summed E-state index contributed by atoms with van der Waals surface area (Å²) in [7, 11) is 0. The number of anilines is 2. The van der Waals surface area contributed by atoms with Gasteiger partial charge >= 0.3 is 6.18 Å². The lowest BCUT2D eigenvalue weighted by Crippen LogP contribution is -2.07. The minimum Gasteiger partial charge on any atom is -0.340 e. The SMILES string of the molecule is Cc1ccc(Nc2ncnc3nn(-c4cc(C(F)(F)F)ccn4)cc23)cc1. The van der Waals surface area contributed by atoms with Crippen molar-refractivity contribution >= 4 is 22.5 Å². The molecule has 1 N–H and O–H groups in total. The summed E-state index contributed by atoms with van der Waals surface area (Å²) in [5, 5.41) is 7.95. The number of pyridine rings is 1. The molecule has 0 fully saturated rings. The number of hydrogen-bond donors (Lipinski definition) is 1. The number of hydrogen-bond acceptors (Lipinski definition) is 5. The van der Waals surface area contributed by atoms with Gasteiger partial charge in [0, 0.05) is 18.1 Å². The van der Waals surface area contributed by atoms with Gasteiger partial charge in [0.2, 0.25) is 0 Å². The number of alkyl halides is 3. The quantitative estimate of drug-likeness (QED) is 0.583. The maximum absolute atomic E-state index is 12.9. The number of benzene rings is 1. The zero-order valence-electron chi connectivity index (χ0n) is 14.1. The number of halogens is 3. The molecule has 0 saturated heterocycles. The van der Waals surface area contributed by atoms with Gasteiger partial charge in [-0.25, -0.2) is 19.6 Å². The Kier molecular flexibility index (Phi) is 3.98. The monoisotopic (exact) mass is 370 g/mol. The summed E-state index contributed by atoms with van der Waals surface area (Å²) >= 11 is 0. The molecule has 27 heavy (non-hydrogen) atoms. The van der Waals surface area contributed by atoms with Crippen molar-refractivity contribution in [1.29, 1.82) is 0 Å². The van der Waals surface area contributed by atoms with Crippen LogP contribution in [0, 0.1) is 6.92 Å². The smallest absolute Gasteiger partial charge is 0.340 e. The molecule has 0 spiro atoms. The Morgan fingerprint density at radius 2 is 1.78 bits per heavy atom. The fraction of sp³-hybridized carbons (Fsp3) is 0.111. The molecule has 6 nitrogen and oxygen atoms in total. The lowest BCUT2D eigenvalue weighted by atomic mass is 10.2. The summed E-state index contributed by atoms with van der Waals surface area (Å²) in [5.74, 6) is 0.547. The molecule has 4 rings (SSSR count). The van der Waals surface area contributed by atoms with E-state index in [9.17, 15) is 13.2 Å². The fourth-order valence-electron chi connectivity index (χ4n) is 2.55. The molecular weight excluding hydrogens is 357 g/mol. The van der Waals surface area contributed by atoms with Crippen molar-refractivity contribution in [2.45, 2.75) is 13.1 Å². The topological polar surface area (TPSA) is 68.5 Å². The van der Waals surface area contributed by atoms with Crippen molar-refractivity contribution in [3.05, 3.63) is 66.2 Å². The largest absolute Gasteiger partial charge is 0.416 e. The van der Waals surface area contributed by atoms with Crippen LogP contribution in [0.1, 0.15) is 11.1 Å². The number of rotatable bonds is 3. The van der Waals surface area contributed by atoms with E-state index in [0.717, 1.165) is 29.6 Å². The van der Waals surface area contributed by atoms with Gasteiger partial charge in [0.15, 0.2) is 11.5 Å². The summed E-state index contributed by atoms with van der Waals surface area (Å²) in [6.07, 6.45) is -0.464. The minimum absolute atomic E-state index is 0.0455. The van der Waals surface area contributed by atoms with E-state index < -0.39 is 11.7 Å². The first-order chi connectivity index (χ1) is 12.9. The van der Waals surface area contributed by atoms with Crippen molar-refractivity contribution in [3.8, 4) is 5.82 Å². The van der Waals surface area contributed by atoms with E-state index in [-0.39, 0.29) is 5.82 Å². The van der Waals surface area contributed by atoms with Gasteiger partial charge in [0.25, 0.3) is 0 Å². The summed E-state index contributed by atoms with van der Waals surface area (Å²) < 4.78 is 40.1. The molecule has 136 valence electrons. The second-order valence-electron chi connectivity index (χ2n) is 5.92. The molecule has 3 heterocycles. The predicted octanol–water partition coefficient (Wildman–Crippen LogP) is 4.28. The molecule has 0 aliphatic carbocycles. The highest BCUT2D eigenvalue weighted by Crippen LogP contribution is 2.30. The van der Waals surface area contributed by atoms with Crippen LogP contribution >= 0.6 is 0 Å². The number of nitrogens with zero attached hydrogens (tertiary/aromatic N) is 5. The highest BCUT2D eigenvalue weighted by Gasteiger charge is 2.31. The van der Waals surface area contributed by atoms with Crippen LogP contribution in [0.15, 0.2) is 55.1 Å². The average molecular weight is 370 g/mol. The zero-order chi connectivity index (χ0) is 19.0. The maximum atomic E-state index is 12.9. The van der Waals surface area contributed by atoms with Gasteiger partial charge in [0.1, 0.15) is 12.1 Å². The first-order valence-electron chi connectivity index (χ1n) is 7.98. The molecule has 9 heteroatoms. The Bertz CT molecular complexity index is 1100. The predicted molar refractivity (Wildman–Crippen MR) is 93.9 cm³/mol. The Labute approximate surface area is 151 Å². The molecule has 0 saturated carbocycles. The molecule has 0 aliphatic rings. The van der Waals surface area contributed by atoms with E-state index in [4.69, 9.17) is 0 Å².